The lowest BCUT2D eigenvalue weighted by atomic mass is 10.3. The molecule has 2 rings (SSSR count). The molecule has 0 aliphatic heterocycles. The molecule has 0 unspecified atom stereocenters. The van der Waals surface area contributed by atoms with Gasteiger partial charge in [-0.05, 0) is 13.0 Å². The highest BCUT2D eigenvalue weighted by atomic mass is 35.5. The Bertz CT molecular complexity index is 508. The number of hydrogen-bond acceptors (Lipinski definition) is 1. The number of halogens is 3. The van der Waals surface area contributed by atoms with Crippen LogP contribution >= 0.6 is 11.6 Å². The molecule has 80 valence electrons. The van der Waals surface area contributed by atoms with Gasteiger partial charge < -0.3 is 4.57 Å². The van der Waals surface area contributed by atoms with Gasteiger partial charge in [-0.1, -0.05) is 0 Å². The number of alkyl halides is 1. The third-order valence-electron chi connectivity index (χ3n) is 2.29. The van der Waals surface area contributed by atoms with Crippen molar-refractivity contribution in [3.05, 3.63) is 29.6 Å². The van der Waals surface area contributed by atoms with Crippen LogP contribution in [0.15, 0.2) is 12.1 Å². The molecule has 15 heavy (non-hydrogen) atoms. The number of rotatable bonds is 2. The smallest absolute Gasteiger partial charge is 0.153 e. The maximum Gasteiger partial charge on any atom is 0.153 e. The first-order valence-corrected chi connectivity index (χ1v) is 5.11. The van der Waals surface area contributed by atoms with Crippen molar-refractivity contribution in [1.82, 2.24) is 9.55 Å². The molecule has 0 amide bonds. The third-order valence-corrected chi connectivity index (χ3v) is 2.53. The Morgan fingerprint density at radius 1 is 1.40 bits per heavy atom. The monoisotopic (exact) mass is 230 g/mol. The molecule has 1 aromatic carbocycles. The standard InChI is InChI=1S/C10H9ClF2N2/c1-2-15-8-4-6(12)3-7(13)10(8)14-9(15)5-11/h3-4H,2,5H2,1H3. The molecule has 0 spiro atoms. The summed E-state index contributed by atoms with van der Waals surface area (Å²) < 4.78 is 28.1. The lowest BCUT2D eigenvalue weighted by molar-refractivity contribution is 0.590. The van der Waals surface area contributed by atoms with Crippen molar-refractivity contribution < 1.29 is 8.78 Å². The van der Waals surface area contributed by atoms with Crippen molar-refractivity contribution in [3.63, 3.8) is 0 Å². The van der Waals surface area contributed by atoms with Crippen molar-refractivity contribution in [2.75, 3.05) is 0 Å². The lowest BCUT2D eigenvalue weighted by Gasteiger charge is -2.02. The van der Waals surface area contributed by atoms with E-state index in [4.69, 9.17) is 11.6 Å². The van der Waals surface area contributed by atoms with Crippen LogP contribution in [0.2, 0.25) is 0 Å². The van der Waals surface area contributed by atoms with E-state index in [0.717, 1.165) is 6.07 Å². The fourth-order valence-corrected chi connectivity index (χ4v) is 1.86. The van der Waals surface area contributed by atoms with Gasteiger partial charge in [-0.3, -0.25) is 0 Å². The lowest BCUT2D eigenvalue weighted by Crippen LogP contribution is -1.99. The quantitative estimate of drug-likeness (QED) is 0.725. The fraction of sp³-hybridized carbons (Fsp3) is 0.300. The number of fused-ring (bicyclic) bond motifs is 1. The molecule has 1 aromatic heterocycles. The Balaban J connectivity index is 2.82. The minimum atomic E-state index is -0.649. The summed E-state index contributed by atoms with van der Waals surface area (Å²) in [4.78, 5) is 4.03. The average molecular weight is 231 g/mol. The summed E-state index contributed by atoms with van der Waals surface area (Å²) in [6, 6.07) is 2.10. The van der Waals surface area contributed by atoms with Crippen LogP contribution in [0.5, 0.6) is 0 Å². The van der Waals surface area contributed by atoms with Crippen molar-refractivity contribution in [1.29, 1.82) is 0 Å². The number of aryl methyl sites for hydroxylation is 1. The Morgan fingerprint density at radius 3 is 2.73 bits per heavy atom. The zero-order chi connectivity index (χ0) is 11.0. The molecule has 0 saturated heterocycles. The van der Waals surface area contributed by atoms with Crippen molar-refractivity contribution >= 4 is 22.6 Å². The van der Waals surface area contributed by atoms with Crippen LogP contribution in [-0.4, -0.2) is 9.55 Å². The van der Waals surface area contributed by atoms with Gasteiger partial charge in [0.15, 0.2) is 5.82 Å². The van der Waals surface area contributed by atoms with E-state index in [0.29, 0.717) is 17.9 Å². The minimum absolute atomic E-state index is 0.175. The molecule has 2 nitrogen and oxygen atoms in total. The normalized spacial score (nSPS) is 11.2. The molecular weight excluding hydrogens is 222 g/mol. The number of imidazole rings is 1. The first-order chi connectivity index (χ1) is 7.17. The van der Waals surface area contributed by atoms with E-state index in [2.05, 4.69) is 4.98 Å². The van der Waals surface area contributed by atoms with E-state index in [1.807, 2.05) is 6.92 Å². The highest BCUT2D eigenvalue weighted by Gasteiger charge is 2.13. The predicted octanol–water partition coefficient (Wildman–Crippen LogP) is 3.07. The topological polar surface area (TPSA) is 17.8 Å². The summed E-state index contributed by atoms with van der Waals surface area (Å²) in [5.41, 5.74) is 0.625. The van der Waals surface area contributed by atoms with Crippen LogP contribution < -0.4 is 0 Å². The molecule has 1 heterocycles. The maximum atomic E-state index is 13.4. The summed E-state index contributed by atoms with van der Waals surface area (Å²) in [5.74, 6) is -0.512. The summed E-state index contributed by atoms with van der Waals surface area (Å²) in [7, 11) is 0. The Hall–Kier alpha value is -1.16. The van der Waals surface area contributed by atoms with Crippen LogP contribution in [0, 0.1) is 11.6 Å². The van der Waals surface area contributed by atoms with Gasteiger partial charge in [0.05, 0.1) is 11.4 Å². The van der Waals surface area contributed by atoms with Gasteiger partial charge in [0, 0.05) is 12.6 Å². The van der Waals surface area contributed by atoms with Crippen LogP contribution in [0.25, 0.3) is 11.0 Å². The highest BCUT2D eigenvalue weighted by molar-refractivity contribution is 6.16. The largest absolute Gasteiger partial charge is 0.327 e. The Labute approximate surface area is 90.5 Å². The fourth-order valence-electron chi connectivity index (χ4n) is 1.65. The number of nitrogens with zero attached hydrogens (tertiary/aromatic N) is 2. The van der Waals surface area contributed by atoms with E-state index >= 15 is 0 Å². The van der Waals surface area contributed by atoms with Crippen molar-refractivity contribution in [2.45, 2.75) is 19.3 Å². The number of benzene rings is 1. The van der Waals surface area contributed by atoms with Crippen molar-refractivity contribution in [3.8, 4) is 0 Å². The van der Waals surface area contributed by atoms with Crippen LogP contribution in [0.1, 0.15) is 12.7 Å². The van der Waals surface area contributed by atoms with Crippen LogP contribution in [-0.2, 0) is 12.4 Å². The van der Waals surface area contributed by atoms with Crippen molar-refractivity contribution in [2.24, 2.45) is 0 Å². The van der Waals surface area contributed by atoms with E-state index in [-0.39, 0.29) is 11.4 Å². The average Bonchev–Trinajstić information content (AvgIpc) is 2.55. The zero-order valence-electron chi connectivity index (χ0n) is 8.10. The van der Waals surface area contributed by atoms with Gasteiger partial charge in [-0.25, -0.2) is 13.8 Å². The Kier molecular flexibility index (Phi) is 2.61. The summed E-state index contributed by atoms with van der Waals surface area (Å²) >= 11 is 5.67. The molecule has 2 aromatic rings. The second-order valence-corrected chi connectivity index (χ2v) is 3.43. The van der Waals surface area contributed by atoms with Crippen LogP contribution in [0.4, 0.5) is 8.78 Å². The second-order valence-electron chi connectivity index (χ2n) is 3.16. The molecule has 0 atom stereocenters. The predicted molar refractivity (Wildman–Crippen MR) is 54.9 cm³/mol. The molecule has 5 heteroatoms. The summed E-state index contributed by atoms with van der Waals surface area (Å²) in [5, 5.41) is 0. The molecular formula is C10H9ClF2N2. The van der Waals surface area contributed by atoms with Gasteiger partial charge in [0.25, 0.3) is 0 Å². The van der Waals surface area contributed by atoms with E-state index in [1.165, 1.54) is 6.07 Å². The first kappa shape index (κ1) is 10.4. The molecule has 0 saturated carbocycles. The van der Waals surface area contributed by atoms with Gasteiger partial charge in [0.1, 0.15) is 17.2 Å². The molecule has 0 aliphatic carbocycles. The molecule has 0 radical (unpaired) electrons. The van der Waals surface area contributed by atoms with Gasteiger partial charge in [0.2, 0.25) is 0 Å². The SMILES string of the molecule is CCn1c(CCl)nc2c(F)cc(F)cc21. The molecule has 0 bridgehead atoms. The molecule has 0 fully saturated rings. The molecule has 0 N–H and O–H groups in total. The van der Waals surface area contributed by atoms with E-state index in [1.54, 1.807) is 4.57 Å². The number of hydrogen-bond donors (Lipinski definition) is 0. The van der Waals surface area contributed by atoms with E-state index < -0.39 is 11.6 Å². The second kappa shape index (κ2) is 3.77. The first-order valence-electron chi connectivity index (χ1n) is 4.57. The van der Waals surface area contributed by atoms with Gasteiger partial charge in [-0.2, -0.15) is 0 Å². The third kappa shape index (κ3) is 1.59. The molecule has 0 aliphatic rings. The van der Waals surface area contributed by atoms with Gasteiger partial charge >= 0.3 is 0 Å². The highest BCUT2D eigenvalue weighted by Crippen LogP contribution is 2.21. The summed E-state index contributed by atoms with van der Waals surface area (Å²) in [6.45, 7) is 2.46. The summed E-state index contributed by atoms with van der Waals surface area (Å²) in [6.07, 6.45) is 0. The Morgan fingerprint density at radius 2 is 2.13 bits per heavy atom. The van der Waals surface area contributed by atoms with Gasteiger partial charge in [-0.15, -0.1) is 11.6 Å². The van der Waals surface area contributed by atoms with E-state index in [9.17, 15) is 8.78 Å². The zero-order valence-corrected chi connectivity index (χ0v) is 8.85. The maximum absolute atomic E-state index is 13.4. The minimum Gasteiger partial charge on any atom is -0.327 e. The van der Waals surface area contributed by atoms with Crippen LogP contribution in [0.3, 0.4) is 0 Å². The number of aromatic nitrogens is 2.